The summed E-state index contributed by atoms with van der Waals surface area (Å²) in [6, 6.07) is 3.29. The van der Waals surface area contributed by atoms with Crippen molar-refractivity contribution in [1.82, 2.24) is 4.98 Å². The Balaban J connectivity index is 3.23. The lowest BCUT2D eigenvalue weighted by Gasteiger charge is -1.96. The second-order valence-electron chi connectivity index (χ2n) is 1.77. The maximum atomic E-state index is 10.5. The molecule has 0 atom stereocenters. The molecule has 0 bridgehead atoms. The topological polar surface area (TPSA) is 50.2 Å². The van der Waals surface area contributed by atoms with Crippen molar-refractivity contribution in [2.75, 3.05) is 0 Å². The first-order valence-corrected chi connectivity index (χ1v) is 4.25. The number of halogens is 2. The molecule has 1 aromatic rings. The molecule has 58 valence electrons. The predicted octanol–water partition coefficient (Wildman–Crippen LogP) is 2.30. The number of aromatic carboxylic acids is 1. The fourth-order valence-corrected chi connectivity index (χ4v) is 1.27. The van der Waals surface area contributed by atoms with Gasteiger partial charge in [-0.2, -0.15) is 0 Å². The lowest BCUT2D eigenvalue weighted by molar-refractivity contribution is 0.0689. The Morgan fingerprint density at radius 2 is 2.09 bits per heavy atom. The zero-order valence-corrected chi connectivity index (χ0v) is 8.39. The fraction of sp³-hybridized carbons (Fsp3) is 0. The second-order valence-corrected chi connectivity index (χ2v) is 3.44. The van der Waals surface area contributed by atoms with Crippen LogP contribution in [0.15, 0.2) is 21.2 Å². The van der Waals surface area contributed by atoms with E-state index in [2.05, 4.69) is 36.8 Å². The summed E-state index contributed by atoms with van der Waals surface area (Å²) in [7, 11) is 0. The van der Waals surface area contributed by atoms with E-state index in [-0.39, 0.29) is 5.69 Å². The van der Waals surface area contributed by atoms with Gasteiger partial charge in [-0.25, -0.2) is 9.78 Å². The molecule has 0 aliphatic rings. The number of pyridine rings is 1. The van der Waals surface area contributed by atoms with Crippen LogP contribution in [-0.2, 0) is 0 Å². The minimum absolute atomic E-state index is 0.0133. The molecule has 1 N–H and O–H groups in total. The van der Waals surface area contributed by atoms with Gasteiger partial charge in [0.05, 0.1) is 4.47 Å². The van der Waals surface area contributed by atoms with Crippen molar-refractivity contribution in [3.8, 4) is 0 Å². The third-order valence-corrected chi connectivity index (χ3v) is 2.10. The summed E-state index contributed by atoms with van der Waals surface area (Å²) >= 11 is 6.14. The first kappa shape index (κ1) is 8.67. The van der Waals surface area contributed by atoms with Gasteiger partial charge >= 0.3 is 5.97 Å². The maximum Gasteiger partial charge on any atom is 0.355 e. The number of hydrogen-bond donors (Lipinski definition) is 1. The first-order valence-electron chi connectivity index (χ1n) is 2.66. The molecule has 0 spiro atoms. The third-order valence-electron chi connectivity index (χ3n) is 1.01. The Kier molecular flexibility index (Phi) is 2.62. The fourth-order valence-electron chi connectivity index (χ4n) is 0.568. The molecule has 5 heteroatoms. The molecule has 0 saturated carbocycles. The molecule has 11 heavy (non-hydrogen) atoms. The lowest BCUT2D eigenvalue weighted by atomic mass is 10.4. The number of carboxylic acids is 1. The normalized spacial score (nSPS) is 9.64. The van der Waals surface area contributed by atoms with Gasteiger partial charge in [0.1, 0.15) is 4.60 Å². The Labute approximate surface area is 79.7 Å². The summed E-state index contributed by atoms with van der Waals surface area (Å²) in [6.45, 7) is 0. The zero-order chi connectivity index (χ0) is 8.43. The summed E-state index contributed by atoms with van der Waals surface area (Å²) in [5.41, 5.74) is 0.0133. The van der Waals surface area contributed by atoms with Gasteiger partial charge in [0.2, 0.25) is 0 Å². The summed E-state index contributed by atoms with van der Waals surface area (Å²) in [6.07, 6.45) is 0. The number of nitrogens with zero attached hydrogens (tertiary/aromatic N) is 1. The van der Waals surface area contributed by atoms with Crippen LogP contribution in [-0.4, -0.2) is 16.1 Å². The molecule has 0 aliphatic carbocycles. The second kappa shape index (κ2) is 3.32. The summed E-state index contributed by atoms with van der Waals surface area (Å²) in [4.78, 5) is 14.2. The smallest absolute Gasteiger partial charge is 0.355 e. The van der Waals surface area contributed by atoms with Crippen LogP contribution in [0.4, 0.5) is 0 Å². The summed E-state index contributed by atoms with van der Waals surface area (Å²) < 4.78 is 0.992. The van der Waals surface area contributed by atoms with Crippen molar-refractivity contribution in [2.45, 2.75) is 0 Å². The van der Waals surface area contributed by atoms with E-state index >= 15 is 0 Å². The predicted molar refractivity (Wildman–Crippen MR) is 46.6 cm³/mol. The number of carbonyl (C=O) groups is 1. The molecule has 1 aromatic heterocycles. The number of rotatable bonds is 1. The van der Waals surface area contributed by atoms with Crippen molar-refractivity contribution >= 4 is 37.8 Å². The van der Waals surface area contributed by atoms with Crippen LogP contribution in [0.5, 0.6) is 0 Å². The number of aromatic nitrogens is 1. The maximum absolute atomic E-state index is 10.5. The summed E-state index contributed by atoms with van der Waals surface area (Å²) in [5, 5.41) is 8.58. The molecule has 0 amide bonds. The minimum Gasteiger partial charge on any atom is -0.476 e. The van der Waals surface area contributed by atoms with Gasteiger partial charge in [-0.05, 0) is 44.0 Å². The van der Waals surface area contributed by atoms with E-state index in [0.29, 0.717) is 9.08 Å². The van der Waals surface area contributed by atoms with E-state index < -0.39 is 5.97 Å². The van der Waals surface area contributed by atoms with Gasteiger partial charge in [-0.1, -0.05) is 0 Å². The zero-order valence-electron chi connectivity index (χ0n) is 5.21. The molecular weight excluding hydrogens is 278 g/mol. The van der Waals surface area contributed by atoms with Crippen molar-refractivity contribution in [2.24, 2.45) is 0 Å². The molecule has 0 fully saturated rings. The molecule has 0 saturated heterocycles. The van der Waals surface area contributed by atoms with Crippen LogP contribution in [0.2, 0.25) is 0 Å². The van der Waals surface area contributed by atoms with Crippen molar-refractivity contribution in [3.05, 3.63) is 26.9 Å². The van der Waals surface area contributed by atoms with E-state index in [0.717, 1.165) is 0 Å². The molecule has 3 nitrogen and oxygen atoms in total. The highest BCUT2D eigenvalue weighted by Gasteiger charge is 2.09. The van der Waals surface area contributed by atoms with Gasteiger partial charge in [0.15, 0.2) is 5.69 Å². The van der Waals surface area contributed by atoms with Crippen LogP contribution in [0.25, 0.3) is 0 Å². The average Bonchev–Trinajstić information content (AvgIpc) is 1.94. The Morgan fingerprint density at radius 1 is 1.45 bits per heavy atom. The number of carboxylic acid groups (broad SMARTS) is 1. The quantitative estimate of drug-likeness (QED) is 0.803. The van der Waals surface area contributed by atoms with Crippen LogP contribution in [0.3, 0.4) is 0 Å². The van der Waals surface area contributed by atoms with Gasteiger partial charge < -0.3 is 5.11 Å². The van der Waals surface area contributed by atoms with Crippen LogP contribution >= 0.6 is 31.9 Å². The third kappa shape index (κ3) is 2.00. The Hall–Kier alpha value is -0.420. The van der Waals surface area contributed by atoms with Crippen molar-refractivity contribution < 1.29 is 9.90 Å². The van der Waals surface area contributed by atoms with E-state index in [9.17, 15) is 4.79 Å². The molecule has 1 heterocycles. The van der Waals surface area contributed by atoms with E-state index in [1.165, 1.54) is 0 Å². The van der Waals surface area contributed by atoms with Crippen LogP contribution in [0, 0.1) is 0 Å². The Morgan fingerprint density at radius 3 is 2.55 bits per heavy atom. The lowest BCUT2D eigenvalue weighted by Crippen LogP contribution is -2.01. The van der Waals surface area contributed by atoms with Gasteiger partial charge in [-0.15, -0.1) is 0 Å². The van der Waals surface area contributed by atoms with Crippen molar-refractivity contribution in [3.63, 3.8) is 0 Å². The molecule has 0 aliphatic heterocycles. The van der Waals surface area contributed by atoms with Gasteiger partial charge in [0, 0.05) is 0 Å². The van der Waals surface area contributed by atoms with Crippen molar-refractivity contribution in [1.29, 1.82) is 0 Å². The Bertz CT molecular complexity index is 301. The minimum atomic E-state index is -1.04. The van der Waals surface area contributed by atoms with Gasteiger partial charge in [0.25, 0.3) is 0 Å². The van der Waals surface area contributed by atoms with E-state index in [1.807, 2.05) is 0 Å². The average molecular weight is 281 g/mol. The number of hydrogen-bond acceptors (Lipinski definition) is 2. The first-order chi connectivity index (χ1) is 5.11. The molecule has 0 radical (unpaired) electrons. The molecule has 0 aromatic carbocycles. The summed E-state index contributed by atoms with van der Waals surface area (Å²) in [5.74, 6) is -1.04. The van der Waals surface area contributed by atoms with E-state index in [1.54, 1.807) is 12.1 Å². The monoisotopic (exact) mass is 279 g/mol. The highest BCUT2D eigenvalue weighted by Crippen LogP contribution is 2.17. The SMILES string of the molecule is O=C(O)c1nc(Br)ccc1Br. The largest absolute Gasteiger partial charge is 0.476 e. The molecule has 1 rings (SSSR count). The highest BCUT2D eigenvalue weighted by atomic mass is 79.9. The van der Waals surface area contributed by atoms with E-state index in [4.69, 9.17) is 5.11 Å². The highest BCUT2D eigenvalue weighted by molar-refractivity contribution is 9.11. The van der Waals surface area contributed by atoms with Gasteiger partial charge in [-0.3, -0.25) is 0 Å². The molecular formula is C6H3Br2NO2. The van der Waals surface area contributed by atoms with Crippen LogP contribution < -0.4 is 0 Å². The molecule has 0 unspecified atom stereocenters. The van der Waals surface area contributed by atoms with Crippen LogP contribution in [0.1, 0.15) is 10.5 Å². The standard InChI is InChI=1S/C6H3Br2NO2/c7-3-1-2-4(8)9-5(3)6(10)11/h1-2H,(H,10,11).